The summed E-state index contributed by atoms with van der Waals surface area (Å²) in [4.78, 5) is 19.1. The fraction of sp³-hybridized carbons (Fsp3) is 0.500. The molecule has 0 radical (unpaired) electrons. The van der Waals surface area contributed by atoms with E-state index in [0.29, 0.717) is 0 Å². The molecule has 0 aliphatic carbocycles. The summed E-state index contributed by atoms with van der Waals surface area (Å²) < 4.78 is 4.03. The zero-order chi connectivity index (χ0) is 7.28. The Hall–Kier alpha value is 2.17. The number of aliphatic carboxylic acids is 2. The standard InChI is InChI=1S/C4H6O5.2K/c5-3(6)1-9-2-4(7)8;;/h1-2H2,(H,5,6)(H,7,8);;/q;2*+1/p-2. The Kier molecular flexibility index (Phi) is 20.9. The number of carboxylic acid groups (broad SMARTS) is 2. The summed E-state index contributed by atoms with van der Waals surface area (Å²) in [5.74, 6) is -2.90. The van der Waals surface area contributed by atoms with E-state index in [0.717, 1.165) is 0 Å². The Labute approximate surface area is 149 Å². The maximum absolute atomic E-state index is 9.53. The molecule has 0 N–H and O–H groups in total. The Balaban J connectivity index is -0.000000320. The van der Waals surface area contributed by atoms with Crippen LogP contribution >= 0.6 is 0 Å². The molecule has 0 aliphatic rings. The maximum Gasteiger partial charge on any atom is 1.00 e. The minimum absolute atomic E-state index is 0. The van der Waals surface area contributed by atoms with Gasteiger partial charge in [-0.1, -0.05) is 0 Å². The third kappa shape index (κ3) is 18.9. The molecule has 0 saturated heterocycles. The average Bonchev–Trinajstić information content (AvgIpc) is 1.63. The third-order valence-corrected chi connectivity index (χ3v) is 0.440. The third-order valence-electron chi connectivity index (χ3n) is 0.440. The summed E-state index contributed by atoms with van der Waals surface area (Å²) in [6.45, 7) is -1.43. The van der Waals surface area contributed by atoms with E-state index in [1.165, 1.54) is 0 Å². The summed E-state index contributed by atoms with van der Waals surface area (Å²) in [7, 11) is 0. The molecule has 0 atom stereocenters. The monoisotopic (exact) mass is 210 g/mol. The zero-order valence-electron chi connectivity index (χ0n) is 6.46. The molecule has 0 aromatic carbocycles. The Morgan fingerprint density at radius 1 is 1.00 bits per heavy atom. The van der Waals surface area contributed by atoms with E-state index >= 15 is 0 Å². The first kappa shape index (κ1) is 18.9. The first-order valence-electron chi connectivity index (χ1n) is 2.10. The van der Waals surface area contributed by atoms with Crippen molar-refractivity contribution in [3.8, 4) is 0 Å². The van der Waals surface area contributed by atoms with Crippen molar-refractivity contribution in [2.24, 2.45) is 0 Å². The molecule has 0 aromatic rings. The van der Waals surface area contributed by atoms with E-state index < -0.39 is 25.2 Å². The van der Waals surface area contributed by atoms with Gasteiger partial charge >= 0.3 is 103 Å². The summed E-state index contributed by atoms with van der Waals surface area (Å²) in [6, 6.07) is 0. The SMILES string of the molecule is O=C([O-])COCC(=O)[O-].[K+].[K+]. The van der Waals surface area contributed by atoms with Crippen LogP contribution in [0.5, 0.6) is 0 Å². The van der Waals surface area contributed by atoms with Gasteiger partial charge in [-0.2, -0.15) is 0 Å². The quantitative estimate of drug-likeness (QED) is 0.430. The van der Waals surface area contributed by atoms with Crippen molar-refractivity contribution in [2.45, 2.75) is 0 Å². The van der Waals surface area contributed by atoms with Crippen LogP contribution in [-0.2, 0) is 14.3 Å². The molecule has 0 bridgehead atoms. The van der Waals surface area contributed by atoms with Gasteiger partial charge in [0, 0.05) is 0 Å². The summed E-state index contributed by atoms with van der Waals surface area (Å²) in [5.41, 5.74) is 0. The van der Waals surface area contributed by atoms with Crippen LogP contribution in [0.15, 0.2) is 0 Å². The second kappa shape index (κ2) is 12.2. The predicted molar refractivity (Wildman–Crippen MR) is 20.8 cm³/mol. The van der Waals surface area contributed by atoms with Crippen LogP contribution in [-0.4, -0.2) is 25.2 Å². The number of rotatable bonds is 4. The normalized spacial score (nSPS) is 7.27. The fourth-order valence-electron chi connectivity index (χ4n) is 0.218. The summed E-state index contributed by atoms with van der Waals surface area (Å²) >= 11 is 0. The van der Waals surface area contributed by atoms with E-state index in [1.54, 1.807) is 0 Å². The summed E-state index contributed by atoms with van der Waals surface area (Å²) in [5, 5.41) is 19.1. The van der Waals surface area contributed by atoms with Crippen LogP contribution in [0.4, 0.5) is 0 Å². The molecule has 0 spiro atoms. The molecule has 7 heteroatoms. The number of carboxylic acids is 2. The summed E-state index contributed by atoms with van der Waals surface area (Å²) in [6.07, 6.45) is 0. The molecule has 0 fully saturated rings. The first-order valence-corrected chi connectivity index (χ1v) is 2.10. The van der Waals surface area contributed by atoms with Gasteiger partial charge in [-0.25, -0.2) is 0 Å². The Morgan fingerprint density at radius 2 is 1.27 bits per heavy atom. The molecular formula is C4H4K2O5. The van der Waals surface area contributed by atoms with Crippen molar-refractivity contribution in [2.75, 3.05) is 13.2 Å². The van der Waals surface area contributed by atoms with E-state index in [9.17, 15) is 19.8 Å². The predicted octanol–water partition coefficient (Wildman–Crippen LogP) is -9.49. The molecule has 0 amide bonds. The smallest absolute Gasteiger partial charge is 0.548 e. The van der Waals surface area contributed by atoms with Crippen LogP contribution in [0.25, 0.3) is 0 Å². The largest absolute Gasteiger partial charge is 1.00 e. The Bertz CT molecular complexity index is 112. The van der Waals surface area contributed by atoms with E-state index in [4.69, 9.17) is 0 Å². The maximum atomic E-state index is 9.53. The molecular weight excluding hydrogens is 206 g/mol. The molecule has 0 aromatic heterocycles. The van der Waals surface area contributed by atoms with Gasteiger partial charge < -0.3 is 24.5 Å². The average molecular weight is 210 g/mol. The number of hydrogen-bond acceptors (Lipinski definition) is 5. The van der Waals surface area contributed by atoms with Crippen molar-refractivity contribution < 1.29 is 127 Å². The van der Waals surface area contributed by atoms with Gasteiger partial charge in [-0.05, 0) is 0 Å². The van der Waals surface area contributed by atoms with Gasteiger partial charge in [0.15, 0.2) is 0 Å². The second-order valence-corrected chi connectivity index (χ2v) is 1.24. The van der Waals surface area contributed by atoms with Gasteiger partial charge in [-0.15, -0.1) is 0 Å². The van der Waals surface area contributed by atoms with Crippen LogP contribution in [0.3, 0.4) is 0 Å². The molecule has 0 heterocycles. The van der Waals surface area contributed by atoms with E-state index in [2.05, 4.69) is 4.74 Å². The van der Waals surface area contributed by atoms with Crippen molar-refractivity contribution in [1.82, 2.24) is 0 Å². The molecule has 11 heavy (non-hydrogen) atoms. The van der Waals surface area contributed by atoms with Crippen molar-refractivity contribution >= 4 is 11.9 Å². The van der Waals surface area contributed by atoms with Crippen LogP contribution in [0.1, 0.15) is 0 Å². The number of carbonyl (C=O) groups excluding carboxylic acids is 2. The molecule has 52 valence electrons. The van der Waals surface area contributed by atoms with Crippen molar-refractivity contribution in [1.29, 1.82) is 0 Å². The van der Waals surface area contributed by atoms with Crippen molar-refractivity contribution in [3.63, 3.8) is 0 Å². The van der Waals surface area contributed by atoms with Crippen LogP contribution in [0.2, 0.25) is 0 Å². The second-order valence-electron chi connectivity index (χ2n) is 1.24. The van der Waals surface area contributed by atoms with Gasteiger partial charge in [0.2, 0.25) is 0 Å². The fourth-order valence-corrected chi connectivity index (χ4v) is 0.218. The molecule has 5 nitrogen and oxygen atoms in total. The van der Waals surface area contributed by atoms with Crippen molar-refractivity contribution in [3.05, 3.63) is 0 Å². The molecule has 0 rings (SSSR count). The number of ether oxygens (including phenoxy) is 1. The minimum atomic E-state index is -1.45. The van der Waals surface area contributed by atoms with Crippen LogP contribution in [0, 0.1) is 0 Å². The molecule has 0 saturated carbocycles. The first-order chi connectivity index (χ1) is 4.13. The Morgan fingerprint density at radius 3 is 1.45 bits per heavy atom. The molecule has 0 aliphatic heterocycles. The van der Waals surface area contributed by atoms with E-state index in [1.807, 2.05) is 0 Å². The van der Waals surface area contributed by atoms with E-state index in [-0.39, 0.29) is 103 Å². The van der Waals surface area contributed by atoms with Gasteiger partial charge in [-0.3, -0.25) is 0 Å². The minimum Gasteiger partial charge on any atom is -0.548 e. The van der Waals surface area contributed by atoms with Gasteiger partial charge in [0.1, 0.15) is 0 Å². The van der Waals surface area contributed by atoms with Crippen LogP contribution < -0.4 is 113 Å². The molecule has 0 unspecified atom stereocenters. The number of hydrogen-bond donors (Lipinski definition) is 0. The van der Waals surface area contributed by atoms with Gasteiger partial charge in [0.25, 0.3) is 0 Å². The van der Waals surface area contributed by atoms with Gasteiger partial charge in [0.05, 0.1) is 25.2 Å². The zero-order valence-corrected chi connectivity index (χ0v) is 12.7. The topological polar surface area (TPSA) is 89.5 Å². The number of carbonyl (C=O) groups is 2.